The number of thiazole rings is 1. The Balaban J connectivity index is 1.36. The van der Waals surface area contributed by atoms with Gasteiger partial charge in [0.2, 0.25) is 0 Å². The van der Waals surface area contributed by atoms with Crippen LogP contribution in [0, 0.1) is 0 Å². The molecule has 0 unspecified atom stereocenters. The van der Waals surface area contributed by atoms with Gasteiger partial charge in [0.25, 0.3) is 0 Å². The molecule has 0 amide bonds. The second kappa shape index (κ2) is 5.87. The molecule has 2 aliphatic rings. The molecule has 4 rings (SSSR count). The third-order valence-electron chi connectivity index (χ3n) is 3.91. The highest BCUT2D eigenvalue weighted by Crippen LogP contribution is 2.36. The molecule has 0 radical (unpaired) electrons. The molecule has 21 heavy (non-hydrogen) atoms. The molecule has 110 valence electrons. The number of hydrogen-bond donors (Lipinski definition) is 0. The zero-order valence-electron chi connectivity index (χ0n) is 11.7. The van der Waals surface area contributed by atoms with Crippen LogP contribution < -0.4 is 9.64 Å². The summed E-state index contributed by atoms with van der Waals surface area (Å²) in [5, 5.41) is 3.20. The smallest absolute Gasteiger partial charge is 0.185 e. The molecule has 6 heteroatoms. The number of piperazine rings is 1. The molecule has 2 aromatic rings. The monoisotopic (exact) mass is 319 g/mol. The van der Waals surface area contributed by atoms with Crippen molar-refractivity contribution in [2.75, 3.05) is 37.0 Å². The van der Waals surface area contributed by atoms with E-state index in [1.807, 2.05) is 11.6 Å². The number of thioether (sulfide) groups is 1. The van der Waals surface area contributed by atoms with Gasteiger partial charge in [-0.05, 0) is 17.7 Å². The van der Waals surface area contributed by atoms with Crippen LogP contribution >= 0.6 is 23.1 Å². The van der Waals surface area contributed by atoms with Crippen molar-refractivity contribution in [3.63, 3.8) is 0 Å². The molecule has 4 nitrogen and oxygen atoms in total. The average molecular weight is 319 g/mol. The zero-order valence-corrected chi connectivity index (χ0v) is 13.3. The number of aromatic nitrogens is 1. The average Bonchev–Trinajstić information content (AvgIpc) is 3.19. The highest BCUT2D eigenvalue weighted by molar-refractivity contribution is 7.99. The fourth-order valence-electron chi connectivity index (χ4n) is 2.77. The van der Waals surface area contributed by atoms with Crippen molar-refractivity contribution in [1.29, 1.82) is 0 Å². The van der Waals surface area contributed by atoms with Gasteiger partial charge >= 0.3 is 0 Å². The minimum absolute atomic E-state index is 0.755. The number of rotatable bonds is 3. The van der Waals surface area contributed by atoms with Gasteiger partial charge in [-0.1, -0.05) is 17.8 Å². The summed E-state index contributed by atoms with van der Waals surface area (Å²) in [5.41, 5.74) is 1.38. The molecule has 1 aromatic heterocycles. The lowest BCUT2D eigenvalue weighted by atomic mass is 10.2. The van der Waals surface area contributed by atoms with Gasteiger partial charge in [-0.15, -0.1) is 11.3 Å². The predicted octanol–water partition coefficient (Wildman–Crippen LogP) is 2.91. The van der Waals surface area contributed by atoms with Gasteiger partial charge < -0.3 is 9.64 Å². The van der Waals surface area contributed by atoms with Crippen molar-refractivity contribution in [2.45, 2.75) is 11.4 Å². The molecule has 0 saturated carbocycles. The largest absolute Gasteiger partial charge is 0.481 e. The fraction of sp³-hybridized carbons (Fsp3) is 0.400. The van der Waals surface area contributed by atoms with Gasteiger partial charge in [0, 0.05) is 44.3 Å². The van der Waals surface area contributed by atoms with E-state index in [2.05, 4.69) is 33.0 Å². The molecule has 0 N–H and O–H groups in total. The Morgan fingerprint density at radius 1 is 1.19 bits per heavy atom. The van der Waals surface area contributed by atoms with E-state index in [9.17, 15) is 0 Å². The van der Waals surface area contributed by atoms with Crippen LogP contribution in [0.2, 0.25) is 0 Å². The maximum atomic E-state index is 5.54. The van der Waals surface area contributed by atoms with E-state index < -0.39 is 0 Å². The maximum absolute atomic E-state index is 5.54. The van der Waals surface area contributed by atoms with E-state index in [1.54, 1.807) is 23.1 Å². The van der Waals surface area contributed by atoms with Crippen molar-refractivity contribution in [3.8, 4) is 5.75 Å². The molecule has 0 bridgehead atoms. The number of nitrogens with zero attached hydrogens (tertiary/aromatic N) is 3. The molecule has 1 aromatic carbocycles. The molecule has 0 spiro atoms. The fourth-order valence-corrected chi connectivity index (χ4v) is 4.28. The van der Waals surface area contributed by atoms with Gasteiger partial charge in [0.15, 0.2) is 5.13 Å². The van der Waals surface area contributed by atoms with E-state index in [4.69, 9.17) is 4.74 Å². The molecular formula is C15H17N3OS2. The van der Waals surface area contributed by atoms with Crippen LogP contribution in [-0.2, 0) is 6.54 Å². The molecule has 0 aliphatic carbocycles. The van der Waals surface area contributed by atoms with Gasteiger partial charge in [-0.2, -0.15) is 0 Å². The van der Waals surface area contributed by atoms with Crippen LogP contribution in [0.1, 0.15) is 5.56 Å². The number of benzene rings is 1. The first-order chi connectivity index (χ1) is 10.4. The molecule has 0 atom stereocenters. The van der Waals surface area contributed by atoms with E-state index in [0.29, 0.717) is 0 Å². The molecule has 1 saturated heterocycles. The third kappa shape index (κ3) is 2.88. The Kier molecular flexibility index (Phi) is 3.75. The summed E-state index contributed by atoms with van der Waals surface area (Å²) in [4.78, 5) is 10.6. The Morgan fingerprint density at radius 3 is 2.90 bits per heavy atom. The summed E-state index contributed by atoms with van der Waals surface area (Å²) in [6.07, 6.45) is 1.89. The quantitative estimate of drug-likeness (QED) is 0.867. The zero-order chi connectivity index (χ0) is 14.1. The van der Waals surface area contributed by atoms with Crippen molar-refractivity contribution in [2.24, 2.45) is 0 Å². The van der Waals surface area contributed by atoms with Crippen LogP contribution in [0.15, 0.2) is 34.7 Å². The minimum Gasteiger partial charge on any atom is -0.481 e. The molecule has 3 heterocycles. The van der Waals surface area contributed by atoms with Crippen LogP contribution in [0.3, 0.4) is 0 Å². The van der Waals surface area contributed by atoms with Crippen molar-refractivity contribution < 1.29 is 4.74 Å². The lowest BCUT2D eigenvalue weighted by molar-refractivity contribution is 0.249. The number of hydrogen-bond acceptors (Lipinski definition) is 6. The summed E-state index contributed by atoms with van der Waals surface area (Å²) >= 11 is 3.51. The van der Waals surface area contributed by atoms with Crippen LogP contribution in [0.4, 0.5) is 5.13 Å². The normalized spacial score (nSPS) is 18.6. The lowest BCUT2D eigenvalue weighted by Gasteiger charge is -2.34. The number of ether oxygens (including phenoxy) is 1. The molecule has 1 fully saturated rings. The van der Waals surface area contributed by atoms with Gasteiger partial charge in [0.1, 0.15) is 11.7 Å². The second-order valence-corrected chi connectivity index (χ2v) is 7.10. The van der Waals surface area contributed by atoms with E-state index >= 15 is 0 Å². The topological polar surface area (TPSA) is 28.6 Å². The van der Waals surface area contributed by atoms with E-state index in [-0.39, 0.29) is 0 Å². The highest BCUT2D eigenvalue weighted by atomic mass is 32.2. The van der Waals surface area contributed by atoms with Crippen LogP contribution in [0.25, 0.3) is 0 Å². The Hall–Kier alpha value is -1.24. The van der Waals surface area contributed by atoms with Gasteiger partial charge in [-0.3, -0.25) is 4.90 Å². The number of fused-ring (bicyclic) bond motifs is 1. The summed E-state index contributed by atoms with van der Waals surface area (Å²) in [7, 11) is 0. The first-order valence-electron chi connectivity index (χ1n) is 7.14. The maximum Gasteiger partial charge on any atom is 0.185 e. The van der Waals surface area contributed by atoms with Gasteiger partial charge in [0.05, 0.1) is 4.90 Å². The summed E-state index contributed by atoms with van der Waals surface area (Å²) in [6.45, 7) is 5.35. The second-order valence-electron chi connectivity index (χ2n) is 5.27. The lowest BCUT2D eigenvalue weighted by Crippen LogP contribution is -2.45. The van der Waals surface area contributed by atoms with Crippen molar-refractivity contribution in [1.82, 2.24) is 9.88 Å². The Labute approximate surface area is 132 Å². The predicted molar refractivity (Wildman–Crippen MR) is 87.4 cm³/mol. The SMILES string of the molecule is c1csc(N2CCN(Cc3ccc4c(c3)SCO4)CC2)n1. The Bertz CT molecular complexity index is 609. The minimum atomic E-state index is 0.755. The summed E-state index contributed by atoms with van der Waals surface area (Å²) in [5.74, 6) is 1.79. The first kappa shape index (κ1) is 13.4. The van der Waals surface area contributed by atoms with E-state index in [1.165, 1.54) is 10.5 Å². The number of anilines is 1. The van der Waals surface area contributed by atoms with Crippen LogP contribution in [-0.4, -0.2) is 42.0 Å². The summed E-state index contributed by atoms with van der Waals surface area (Å²) in [6, 6.07) is 6.58. The molecule has 2 aliphatic heterocycles. The Morgan fingerprint density at radius 2 is 2.10 bits per heavy atom. The standard InChI is InChI=1S/C15H17N3OS2/c1-2-13-14(21-11-19-13)9-12(1)10-17-4-6-18(7-5-17)15-16-3-8-20-15/h1-3,8-9H,4-7,10-11H2. The first-order valence-corrected chi connectivity index (χ1v) is 9.00. The van der Waals surface area contributed by atoms with Crippen LogP contribution in [0.5, 0.6) is 5.75 Å². The van der Waals surface area contributed by atoms with E-state index in [0.717, 1.165) is 49.5 Å². The summed E-state index contributed by atoms with van der Waals surface area (Å²) < 4.78 is 5.54. The third-order valence-corrected chi connectivity index (χ3v) is 5.60. The van der Waals surface area contributed by atoms with Crippen molar-refractivity contribution in [3.05, 3.63) is 35.3 Å². The highest BCUT2D eigenvalue weighted by Gasteiger charge is 2.19. The van der Waals surface area contributed by atoms with Crippen molar-refractivity contribution >= 4 is 28.2 Å². The van der Waals surface area contributed by atoms with Gasteiger partial charge in [-0.25, -0.2) is 4.98 Å². The molecular weight excluding hydrogens is 302 g/mol.